The van der Waals surface area contributed by atoms with Crippen LogP contribution in [0.25, 0.3) is 0 Å². The lowest BCUT2D eigenvalue weighted by molar-refractivity contribution is 0.0682. The van der Waals surface area contributed by atoms with Gasteiger partial charge < -0.3 is 4.74 Å². The van der Waals surface area contributed by atoms with Gasteiger partial charge in [0.1, 0.15) is 0 Å². The molecule has 2 aromatic carbocycles. The first kappa shape index (κ1) is 15.6. The van der Waals surface area contributed by atoms with Crippen molar-refractivity contribution >= 4 is 27.5 Å². The third-order valence-electron chi connectivity index (χ3n) is 3.15. The summed E-state index contributed by atoms with van der Waals surface area (Å²) >= 11 is 9.41. The lowest BCUT2D eigenvalue weighted by Gasteiger charge is -2.16. The number of ether oxygens (including phenoxy) is 1. The highest BCUT2D eigenvalue weighted by Crippen LogP contribution is 2.22. The van der Waals surface area contributed by atoms with E-state index in [4.69, 9.17) is 16.3 Å². The van der Waals surface area contributed by atoms with E-state index in [0.29, 0.717) is 0 Å². The van der Waals surface area contributed by atoms with E-state index in [2.05, 4.69) is 40.2 Å². The van der Waals surface area contributed by atoms with Gasteiger partial charge in [0.25, 0.3) is 0 Å². The summed E-state index contributed by atoms with van der Waals surface area (Å²) in [6.07, 6.45) is 2.17. The van der Waals surface area contributed by atoms with Gasteiger partial charge in [0.15, 0.2) is 0 Å². The standard InChI is InChI=1S/C17H18BrClO/c18-13-17(15-8-10-16(19)11-9-15)20-12-4-7-14-5-2-1-3-6-14/h1-3,5-6,8-11,17H,4,7,12-13H2. The van der Waals surface area contributed by atoms with Crippen LogP contribution in [0, 0.1) is 0 Å². The Morgan fingerprint density at radius 3 is 2.35 bits per heavy atom. The zero-order valence-corrected chi connectivity index (χ0v) is 13.6. The summed E-state index contributed by atoms with van der Waals surface area (Å²) in [7, 11) is 0. The molecule has 1 atom stereocenters. The molecule has 0 radical (unpaired) electrons. The molecule has 0 aliphatic heterocycles. The molecule has 0 aromatic heterocycles. The number of alkyl halides is 1. The van der Waals surface area contributed by atoms with Gasteiger partial charge in [-0.1, -0.05) is 70.0 Å². The van der Waals surface area contributed by atoms with Gasteiger partial charge in [-0.05, 0) is 36.1 Å². The normalized spacial score (nSPS) is 12.3. The predicted octanol–water partition coefficient (Wildman–Crippen LogP) is 5.43. The van der Waals surface area contributed by atoms with Crippen LogP contribution in [-0.4, -0.2) is 11.9 Å². The van der Waals surface area contributed by atoms with Gasteiger partial charge in [0.05, 0.1) is 6.10 Å². The van der Waals surface area contributed by atoms with Crippen LogP contribution in [-0.2, 0) is 11.2 Å². The van der Waals surface area contributed by atoms with Crippen LogP contribution >= 0.6 is 27.5 Å². The number of benzene rings is 2. The summed E-state index contributed by atoms with van der Waals surface area (Å²) in [5.74, 6) is 0. The molecular formula is C17H18BrClO. The molecule has 0 bridgehead atoms. The molecule has 0 aliphatic carbocycles. The minimum absolute atomic E-state index is 0.0861. The summed E-state index contributed by atoms with van der Waals surface area (Å²) < 4.78 is 5.95. The molecule has 1 nitrogen and oxygen atoms in total. The maximum Gasteiger partial charge on any atom is 0.0921 e. The van der Waals surface area contributed by atoms with Crippen LogP contribution in [0.3, 0.4) is 0 Å². The van der Waals surface area contributed by atoms with E-state index < -0.39 is 0 Å². The van der Waals surface area contributed by atoms with E-state index >= 15 is 0 Å². The van der Waals surface area contributed by atoms with Crippen LogP contribution < -0.4 is 0 Å². The number of aryl methyl sites for hydroxylation is 1. The third kappa shape index (κ3) is 4.93. The first-order valence-corrected chi connectivity index (χ1v) is 8.26. The van der Waals surface area contributed by atoms with Gasteiger partial charge >= 0.3 is 0 Å². The highest BCUT2D eigenvalue weighted by atomic mass is 79.9. The molecule has 0 fully saturated rings. The number of halogens is 2. The fourth-order valence-corrected chi connectivity index (χ4v) is 2.74. The second-order valence-corrected chi connectivity index (χ2v) is 5.74. The molecular weight excluding hydrogens is 336 g/mol. The fraction of sp³-hybridized carbons (Fsp3) is 0.294. The summed E-state index contributed by atoms with van der Waals surface area (Å²) in [4.78, 5) is 0. The highest BCUT2D eigenvalue weighted by Gasteiger charge is 2.10. The molecule has 106 valence electrons. The van der Waals surface area contributed by atoms with Crippen molar-refractivity contribution in [2.24, 2.45) is 0 Å². The van der Waals surface area contributed by atoms with E-state index in [1.807, 2.05) is 30.3 Å². The summed E-state index contributed by atoms with van der Waals surface area (Å²) in [6, 6.07) is 18.3. The molecule has 0 saturated heterocycles. The SMILES string of the molecule is Clc1ccc(C(CBr)OCCCc2ccccc2)cc1. The monoisotopic (exact) mass is 352 g/mol. The first-order valence-electron chi connectivity index (χ1n) is 6.76. The second kappa shape index (κ2) is 8.46. The summed E-state index contributed by atoms with van der Waals surface area (Å²) in [6.45, 7) is 0.758. The average molecular weight is 354 g/mol. The summed E-state index contributed by atoms with van der Waals surface area (Å²) in [5.41, 5.74) is 2.52. The Morgan fingerprint density at radius 2 is 1.70 bits per heavy atom. The van der Waals surface area contributed by atoms with E-state index in [-0.39, 0.29) is 6.10 Å². The van der Waals surface area contributed by atoms with Crippen molar-refractivity contribution in [3.63, 3.8) is 0 Å². The van der Waals surface area contributed by atoms with Gasteiger partial charge in [-0.3, -0.25) is 0 Å². The van der Waals surface area contributed by atoms with Crippen LogP contribution in [0.1, 0.15) is 23.7 Å². The molecule has 0 spiro atoms. The van der Waals surface area contributed by atoms with E-state index in [9.17, 15) is 0 Å². The Kier molecular flexibility index (Phi) is 6.58. The van der Waals surface area contributed by atoms with Crippen LogP contribution in [0.2, 0.25) is 5.02 Å². The Hall–Kier alpha value is -0.830. The van der Waals surface area contributed by atoms with Crippen molar-refractivity contribution < 1.29 is 4.74 Å². The quantitative estimate of drug-likeness (QED) is 0.476. The molecule has 0 aliphatic rings. The van der Waals surface area contributed by atoms with Gasteiger partial charge in [-0.15, -0.1) is 0 Å². The fourth-order valence-electron chi connectivity index (χ4n) is 2.05. The zero-order valence-electron chi connectivity index (χ0n) is 11.3. The van der Waals surface area contributed by atoms with Crippen LogP contribution in [0.4, 0.5) is 0 Å². The number of hydrogen-bond donors (Lipinski definition) is 0. The Balaban J connectivity index is 1.78. The lowest BCUT2D eigenvalue weighted by atomic mass is 10.1. The number of hydrogen-bond acceptors (Lipinski definition) is 1. The molecule has 20 heavy (non-hydrogen) atoms. The molecule has 0 heterocycles. The minimum atomic E-state index is 0.0861. The van der Waals surface area contributed by atoms with Crippen LogP contribution in [0.5, 0.6) is 0 Å². The smallest absolute Gasteiger partial charge is 0.0921 e. The van der Waals surface area contributed by atoms with Gasteiger partial charge in [-0.2, -0.15) is 0 Å². The maximum atomic E-state index is 5.95. The average Bonchev–Trinajstić information content (AvgIpc) is 2.50. The van der Waals surface area contributed by atoms with E-state index in [1.165, 1.54) is 5.56 Å². The van der Waals surface area contributed by atoms with Gasteiger partial charge in [0, 0.05) is 17.0 Å². The molecule has 0 amide bonds. The van der Waals surface area contributed by atoms with Gasteiger partial charge in [0.2, 0.25) is 0 Å². The minimum Gasteiger partial charge on any atom is -0.373 e. The molecule has 2 aromatic rings. The number of rotatable bonds is 7. The highest BCUT2D eigenvalue weighted by molar-refractivity contribution is 9.09. The van der Waals surface area contributed by atoms with Crippen molar-refractivity contribution in [3.8, 4) is 0 Å². The van der Waals surface area contributed by atoms with Crippen molar-refractivity contribution in [2.45, 2.75) is 18.9 Å². The molecule has 3 heteroatoms. The van der Waals surface area contributed by atoms with Crippen molar-refractivity contribution in [1.29, 1.82) is 0 Å². The lowest BCUT2D eigenvalue weighted by Crippen LogP contribution is -2.07. The van der Waals surface area contributed by atoms with Gasteiger partial charge in [-0.25, -0.2) is 0 Å². The van der Waals surface area contributed by atoms with Crippen molar-refractivity contribution in [1.82, 2.24) is 0 Å². The predicted molar refractivity (Wildman–Crippen MR) is 88.7 cm³/mol. The van der Waals surface area contributed by atoms with E-state index in [1.54, 1.807) is 0 Å². The second-order valence-electron chi connectivity index (χ2n) is 4.65. The first-order chi connectivity index (χ1) is 9.79. The van der Waals surface area contributed by atoms with E-state index in [0.717, 1.165) is 35.4 Å². The molecule has 0 N–H and O–H groups in total. The van der Waals surface area contributed by atoms with Crippen molar-refractivity contribution in [2.75, 3.05) is 11.9 Å². The molecule has 1 unspecified atom stereocenters. The largest absolute Gasteiger partial charge is 0.373 e. The topological polar surface area (TPSA) is 9.23 Å². The Bertz CT molecular complexity index is 498. The summed E-state index contributed by atoms with van der Waals surface area (Å²) in [5, 5.41) is 1.55. The Labute approximate surface area is 134 Å². The Morgan fingerprint density at radius 1 is 1.00 bits per heavy atom. The molecule has 0 saturated carbocycles. The zero-order chi connectivity index (χ0) is 14.2. The van der Waals surface area contributed by atoms with Crippen molar-refractivity contribution in [3.05, 3.63) is 70.7 Å². The maximum absolute atomic E-state index is 5.95. The third-order valence-corrected chi connectivity index (χ3v) is 3.99. The molecule has 2 rings (SSSR count). The van der Waals surface area contributed by atoms with Crippen LogP contribution in [0.15, 0.2) is 54.6 Å².